The van der Waals surface area contributed by atoms with E-state index in [1.165, 1.54) is 6.08 Å². The molecule has 0 saturated heterocycles. The van der Waals surface area contributed by atoms with E-state index < -0.39 is 0 Å². The molecule has 0 atom stereocenters. The van der Waals surface area contributed by atoms with E-state index in [4.69, 9.17) is 5.73 Å². The fourth-order valence-electron chi connectivity index (χ4n) is 0.287. The minimum atomic E-state index is -0.360. The second kappa shape index (κ2) is 2.62. The summed E-state index contributed by atoms with van der Waals surface area (Å²) < 4.78 is 0. The quantitative estimate of drug-likeness (QED) is 0.418. The Morgan fingerprint density at radius 3 is 2.12 bits per heavy atom. The summed E-state index contributed by atoms with van der Waals surface area (Å²) in [4.78, 5) is 9.71. The fraction of sp³-hybridized carbons (Fsp3) is 0.500. The van der Waals surface area contributed by atoms with Gasteiger partial charge in [0.2, 0.25) is 0 Å². The van der Waals surface area contributed by atoms with Crippen LogP contribution in [0.2, 0.25) is 0 Å². The molecule has 0 heterocycles. The molecule has 0 bridgehead atoms. The molecule has 0 aliphatic rings. The number of hydrogen-bond acceptors (Lipinski definition) is 2. The lowest BCUT2D eigenvalue weighted by atomic mass is 10.1. The molecule has 0 aromatic rings. The van der Waals surface area contributed by atoms with Gasteiger partial charge in [-0.1, -0.05) is 6.08 Å². The summed E-state index contributed by atoms with van der Waals surface area (Å²) in [6.45, 7) is 3.65. The Kier molecular flexibility index (Phi) is 2.42. The molecule has 46 valence electrons. The van der Waals surface area contributed by atoms with Gasteiger partial charge in [-0.2, -0.15) is 0 Å². The van der Waals surface area contributed by atoms with Crippen molar-refractivity contribution in [2.24, 2.45) is 5.73 Å². The Labute approximate surface area is 49.4 Å². The van der Waals surface area contributed by atoms with Crippen LogP contribution in [0, 0.1) is 0 Å². The zero-order valence-electron chi connectivity index (χ0n) is 5.22. The lowest BCUT2D eigenvalue weighted by Crippen LogP contribution is -2.28. The zero-order chi connectivity index (χ0) is 6.62. The third kappa shape index (κ3) is 5.37. The van der Waals surface area contributed by atoms with E-state index in [9.17, 15) is 4.79 Å². The van der Waals surface area contributed by atoms with Crippen molar-refractivity contribution in [2.45, 2.75) is 19.4 Å². The summed E-state index contributed by atoms with van der Waals surface area (Å²) in [5, 5.41) is 0. The molecule has 0 radical (unpaired) electrons. The number of allylic oxidation sites excluding steroid dienone is 1. The third-order valence-electron chi connectivity index (χ3n) is 0.604. The predicted molar refractivity (Wildman–Crippen MR) is 33.5 cm³/mol. The van der Waals surface area contributed by atoms with Gasteiger partial charge in [-0.05, 0) is 19.9 Å². The summed E-state index contributed by atoms with van der Waals surface area (Å²) in [6, 6.07) is 0. The summed E-state index contributed by atoms with van der Waals surface area (Å²) in [5.41, 5.74) is 5.12. The minimum absolute atomic E-state index is 0.360. The number of aldehydes is 1. The molecule has 0 rings (SSSR count). The highest BCUT2D eigenvalue weighted by atomic mass is 16.1. The van der Waals surface area contributed by atoms with Gasteiger partial charge in [-0.3, -0.25) is 4.79 Å². The smallest absolute Gasteiger partial charge is 0.142 e. The molecule has 0 aromatic heterocycles. The summed E-state index contributed by atoms with van der Waals surface area (Å²) in [5.74, 6) is 0. The van der Waals surface area contributed by atoms with Crippen molar-refractivity contribution in [1.29, 1.82) is 0 Å². The second-order valence-electron chi connectivity index (χ2n) is 2.32. The van der Waals surface area contributed by atoms with Crippen molar-refractivity contribution in [2.75, 3.05) is 0 Å². The molecule has 0 saturated carbocycles. The van der Waals surface area contributed by atoms with Crippen LogP contribution in [0.3, 0.4) is 0 Å². The van der Waals surface area contributed by atoms with Gasteiger partial charge in [-0.25, -0.2) is 0 Å². The summed E-state index contributed by atoms with van der Waals surface area (Å²) in [6.07, 6.45) is 3.77. The first-order valence-electron chi connectivity index (χ1n) is 2.48. The van der Waals surface area contributed by atoms with Crippen LogP contribution in [0.4, 0.5) is 0 Å². The van der Waals surface area contributed by atoms with Crippen molar-refractivity contribution in [3.63, 3.8) is 0 Å². The maximum atomic E-state index is 9.71. The number of carbonyl (C=O) groups excluding carboxylic acids is 1. The fourth-order valence-corrected chi connectivity index (χ4v) is 0.287. The molecule has 2 nitrogen and oxygen atoms in total. The first-order chi connectivity index (χ1) is 3.56. The predicted octanol–water partition coefficient (Wildman–Crippen LogP) is 0.479. The van der Waals surface area contributed by atoms with Crippen LogP contribution in [0.5, 0.6) is 0 Å². The van der Waals surface area contributed by atoms with Crippen molar-refractivity contribution in [1.82, 2.24) is 0 Å². The van der Waals surface area contributed by atoms with Crippen LogP contribution in [-0.2, 0) is 4.79 Å². The van der Waals surface area contributed by atoms with Crippen LogP contribution in [0.25, 0.3) is 0 Å². The summed E-state index contributed by atoms with van der Waals surface area (Å²) in [7, 11) is 0. The molecule has 0 unspecified atom stereocenters. The third-order valence-corrected chi connectivity index (χ3v) is 0.604. The lowest BCUT2D eigenvalue weighted by Gasteiger charge is -2.09. The highest BCUT2D eigenvalue weighted by Crippen LogP contribution is 1.95. The van der Waals surface area contributed by atoms with E-state index >= 15 is 0 Å². The summed E-state index contributed by atoms with van der Waals surface area (Å²) >= 11 is 0. The lowest BCUT2D eigenvalue weighted by molar-refractivity contribution is -0.104. The molecule has 0 aromatic carbocycles. The van der Waals surface area contributed by atoms with Crippen LogP contribution < -0.4 is 5.73 Å². The first-order valence-corrected chi connectivity index (χ1v) is 2.48. The van der Waals surface area contributed by atoms with Gasteiger partial charge in [0.25, 0.3) is 0 Å². The van der Waals surface area contributed by atoms with Gasteiger partial charge in [0.1, 0.15) is 6.29 Å². The minimum Gasteiger partial charge on any atom is -0.322 e. The average Bonchev–Trinajstić information content (AvgIpc) is 1.59. The van der Waals surface area contributed by atoms with E-state index in [1.54, 1.807) is 6.08 Å². The molecule has 2 N–H and O–H groups in total. The molecular weight excluding hydrogens is 102 g/mol. The molecular formula is C6H11NO. The maximum absolute atomic E-state index is 9.71. The van der Waals surface area contributed by atoms with Crippen molar-refractivity contribution in [3.8, 4) is 0 Å². The Bertz CT molecular complexity index is 99.6. The molecule has 0 aliphatic heterocycles. The monoisotopic (exact) mass is 113 g/mol. The maximum Gasteiger partial charge on any atom is 0.142 e. The van der Waals surface area contributed by atoms with Crippen LogP contribution in [-0.4, -0.2) is 11.8 Å². The largest absolute Gasteiger partial charge is 0.322 e. The number of rotatable bonds is 2. The van der Waals surface area contributed by atoms with E-state index in [2.05, 4.69) is 0 Å². The van der Waals surface area contributed by atoms with Gasteiger partial charge in [0.15, 0.2) is 0 Å². The van der Waals surface area contributed by atoms with Gasteiger partial charge >= 0.3 is 0 Å². The molecule has 2 heteroatoms. The Hall–Kier alpha value is -0.630. The van der Waals surface area contributed by atoms with E-state index in [-0.39, 0.29) is 5.54 Å². The molecule has 0 aliphatic carbocycles. The number of nitrogens with two attached hydrogens (primary N) is 1. The average molecular weight is 113 g/mol. The Morgan fingerprint density at radius 2 is 2.00 bits per heavy atom. The van der Waals surface area contributed by atoms with Gasteiger partial charge in [0, 0.05) is 5.54 Å². The van der Waals surface area contributed by atoms with Gasteiger partial charge < -0.3 is 5.73 Å². The van der Waals surface area contributed by atoms with Crippen molar-refractivity contribution in [3.05, 3.63) is 12.2 Å². The van der Waals surface area contributed by atoms with Crippen LogP contribution in [0.15, 0.2) is 12.2 Å². The van der Waals surface area contributed by atoms with E-state index in [0.29, 0.717) is 6.29 Å². The van der Waals surface area contributed by atoms with Crippen LogP contribution >= 0.6 is 0 Å². The van der Waals surface area contributed by atoms with Crippen molar-refractivity contribution >= 4 is 6.29 Å². The molecule has 0 fully saturated rings. The number of hydrogen-bond donors (Lipinski definition) is 1. The van der Waals surface area contributed by atoms with E-state index in [0.717, 1.165) is 0 Å². The SMILES string of the molecule is CC(C)(N)C=CC=O. The topological polar surface area (TPSA) is 43.1 Å². The highest BCUT2D eigenvalue weighted by Gasteiger charge is 2.01. The standard InChI is InChI=1S/C6H11NO/c1-6(2,7)4-3-5-8/h3-5H,7H2,1-2H3. The Balaban J connectivity index is 3.69. The normalized spacial score (nSPS) is 12.4. The Morgan fingerprint density at radius 1 is 1.50 bits per heavy atom. The van der Waals surface area contributed by atoms with E-state index in [1.807, 2.05) is 13.8 Å². The second-order valence-corrected chi connectivity index (χ2v) is 2.32. The van der Waals surface area contributed by atoms with Crippen molar-refractivity contribution < 1.29 is 4.79 Å². The number of carbonyl (C=O) groups is 1. The molecule has 0 amide bonds. The van der Waals surface area contributed by atoms with Gasteiger partial charge in [-0.15, -0.1) is 0 Å². The molecule has 8 heavy (non-hydrogen) atoms. The first kappa shape index (κ1) is 7.37. The van der Waals surface area contributed by atoms with Crippen LogP contribution in [0.1, 0.15) is 13.8 Å². The van der Waals surface area contributed by atoms with Gasteiger partial charge in [0.05, 0.1) is 0 Å². The zero-order valence-corrected chi connectivity index (χ0v) is 5.22. The highest BCUT2D eigenvalue weighted by molar-refractivity contribution is 5.65. The molecule has 0 spiro atoms.